The van der Waals surface area contributed by atoms with Gasteiger partial charge in [-0.1, -0.05) is 20.8 Å². The molecule has 0 radical (unpaired) electrons. The lowest BCUT2D eigenvalue weighted by Gasteiger charge is -2.37. The average Bonchev–Trinajstić information content (AvgIpc) is 2.69. The van der Waals surface area contributed by atoms with Crippen molar-refractivity contribution in [1.82, 2.24) is 0 Å². The standard InChI is InChI=1S/C14H28O5Si/c1-13(2,3)20(6,7)16-8-9-10(15)11-12(17-9)19-14(4,5)18-11/h9-12,15H,8H2,1-7H3/t9-,10-,11-,12-/m1/s1. The highest BCUT2D eigenvalue weighted by Gasteiger charge is 2.54. The lowest BCUT2D eigenvalue weighted by Crippen LogP contribution is -2.45. The number of hydrogen-bond acceptors (Lipinski definition) is 5. The van der Waals surface area contributed by atoms with E-state index in [0.29, 0.717) is 6.61 Å². The van der Waals surface area contributed by atoms with Crippen molar-refractivity contribution in [1.29, 1.82) is 0 Å². The Labute approximate surface area is 122 Å². The number of ether oxygens (including phenoxy) is 3. The van der Waals surface area contributed by atoms with Gasteiger partial charge in [-0.05, 0) is 32.0 Å². The third-order valence-electron chi connectivity index (χ3n) is 4.53. The molecule has 2 rings (SSSR count). The highest BCUT2D eigenvalue weighted by atomic mass is 28.4. The van der Waals surface area contributed by atoms with Gasteiger partial charge in [0.1, 0.15) is 18.3 Å². The van der Waals surface area contributed by atoms with E-state index in [1.807, 2.05) is 13.8 Å². The number of rotatable bonds is 3. The van der Waals surface area contributed by atoms with E-state index in [2.05, 4.69) is 33.9 Å². The summed E-state index contributed by atoms with van der Waals surface area (Å²) in [6.45, 7) is 15.0. The van der Waals surface area contributed by atoms with Gasteiger partial charge in [0, 0.05) is 0 Å². The monoisotopic (exact) mass is 304 g/mol. The number of aliphatic hydroxyl groups is 1. The molecule has 0 aromatic heterocycles. The predicted molar refractivity (Wildman–Crippen MR) is 77.9 cm³/mol. The summed E-state index contributed by atoms with van der Waals surface area (Å²) in [7, 11) is -1.84. The third-order valence-corrected chi connectivity index (χ3v) is 9.03. The van der Waals surface area contributed by atoms with Gasteiger partial charge in [-0.15, -0.1) is 0 Å². The number of aliphatic hydroxyl groups excluding tert-OH is 1. The molecule has 4 atom stereocenters. The molecule has 0 saturated carbocycles. The van der Waals surface area contributed by atoms with Crippen LogP contribution in [0.3, 0.4) is 0 Å². The minimum absolute atomic E-state index is 0.140. The highest BCUT2D eigenvalue weighted by Crippen LogP contribution is 2.40. The molecule has 0 spiro atoms. The molecule has 20 heavy (non-hydrogen) atoms. The quantitative estimate of drug-likeness (QED) is 0.810. The van der Waals surface area contributed by atoms with Gasteiger partial charge in [0.05, 0.1) is 6.61 Å². The molecule has 2 aliphatic heterocycles. The van der Waals surface area contributed by atoms with Crippen molar-refractivity contribution in [3.05, 3.63) is 0 Å². The van der Waals surface area contributed by atoms with E-state index in [1.54, 1.807) is 0 Å². The zero-order valence-corrected chi connectivity index (χ0v) is 14.6. The Morgan fingerprint density at radius 3 is 2.30 bits per heavy atom. The number of fused-ring (bicyclic) bond motifs is 1. The van der Waals surface area contributed by atoms with Crippen molar-refractivity contribution in [3.63, 3.8) is 0 Å². The third kappa shape index (κ3) is 3.10. The summed E-state index contributed by atoms with van der Waals surface area (Å²) in [5, 5.41) is 10.4. The zero-order chi connectivity index (χ0) is 15.3. The minimum atomic E-state index is -1.84. The molecular formula is C14H28O5Si. The van der Waals surface area contributed by atoms with Crippen LogP contribution in [0.15, 0.2) is 0 Å². The van der Waals surface area contributed by atoms with Crippen LogP contribution >= 0.6 is 0 Å². The maximum atomic E-state index is 10.3. The molecule has 118 valence electrons. The Hall–Kier alpha value is 0.0169. The molecule has 0 aromatic rings. The van der Waals surface area contributed by atoms with Crippen LogP contribution in [-0.4, -0.2) is 50.4 Å². The fourth-order valence-corrected chi connectivity index (χ4v) is 3.22. The van der Waals surface area contributed by atoms with Crippen LogP contribution in [0, 0.1) is 0 Å². The van der Waals surface area contributed by atoms with Crippen LogP contribution in [0.25, 0.3) is 0 Å². The molecule has 0 aromatic carbocycles. The van der Waals surface area contributed by atoms with Crippen LogP contribution < -0.4 is 0 Å². The second kappa shape index (κ2) is 5.03. The van der Waals surface area contributed by atoms with E-state index in [4.69, 9.17) is 18.6 Å². The van der Waals surface area contributed by atoms with Gasteiger partial charge in [0.25, 0.3) is 0 Å². The molecule has 6 heteroatoms. The lowest BCUT2D eigenvalue weighted by atomic mass is 10.1. The normalized spacial score (nSPS) is 37.2. The minimum Gasteiger partial charge on any atom is -0.414 e. The smallest absolute Gasteiger partial charge is 0.192 e. The Kier molecular flexibility index (Phi) is 4.13. The van der Waals surface area contributed by atoms with Crippen molar-refractivity contribution in [2.75, 3.05) is 6.61 Å². The van der Waals surface area contributed by atoms with Gasteiger partial charge >= 0.3 is 0 Å². The first-order chi connectivity index (χ1) is 8.93. The van der Waals surface area contributed by atoms with Crippen molar-refractivity contribution in [2.24, 2.45) is 0 Å². The maximum Gasteiger partial charge on any atom is 0.192 e. The molecule has 2 heterocycles. The van der Waals surface area contributed by atoms with Gasteiger partial charge in [-0.3, -0.25) is 0 Å². The summed E-state index contributed by atoms with van der Waals surface area (Å²) < 4.78 is 23.1. The average molecular weight is 304 g/mol. The predicted octanol–water partition coefficient (Wildman–Crippen LogP) is 2.25. The topological polar surface area (TPSA) is 57.2 Å². The lowest BCUT2D eigenvalue weighted by molar-refractivity contribution is -0.217. The summed E-state index contributed by atoms with van der Waals surface area (Å²) in [6.07, 6.45) is -1.99. The summed E-state index contributed by atoms with van der Waals surface area (Å²) >= 11 is 0. The second-order valence-electron chi connectivity index (χ2n) is 7.70. The van der Waals surface area contributed by atoms with Crippen molar-refractivity contribution in [3.8, 4) is 0 Å². The molecule has 1 N–H and O–H groups in total. The molecule has 0 bridgehead atoms. The fourth-order valence-electron chi connectivity index (χ4n) is 2.20. The van der Waals surface area contributed by atoms with Crippen LogP contribution in [0.5, 0.6) is 0 Å². The van der Waals surface area contributed by atoms with Gasteiger partial charge in [0.2, 0.25) is 0 Å². The summed E-state index contributed by atoms with van der Waals surface area (Å²) in [5.74, 6) is -0.693. The van der Waals surface area contributed by atoms with Crippen LogP contribution in [-0.2, 0) is 18.6 Å². The molecular weight excluding hydrogens is 276 g/mol. The molecule has 2 fully saturated rings. The zero-order valence-electron chi connectivity index (χ0n) is 13.6. The van der Waals surface area contributed by atoms with Crippen molar-refractivity contribution < 1.29 is 23.7 Å². The van der Waals surface area contributed by atoms with Crippen LogP contribution in [0.2, 0.25) is 18.1 Å². The summed E-state index contributed by atoms with van der Waals surface area (Å²) in [4.78, 5) is 0. The largest absolute Gasteiger partial charge is 0.414 e. The van der Waals surface area contributed by atoms with Gasteiger partial charge in [0.15, 0.2) is 20.4 Å². The molecule has 5 nitrogen and oxygen atoms in total. The maximum absolute atomic E-state index is 10.3. The number of hydrogen-bond donors (Lipinski definition) is 1. The fraction of sp³-hybridized carbons (Fsp3) is 1.00. The van der Waals surface area contributed by atoms with Crippen LogP contribution in [0.4, 0.5) is 0 Å². The van der Waals surface area contributed by atoms with E-state index in [9.17, 15) is 5.11 Å². The first-order valence-electron chi connectivity index (χ1n) is 7.26. The van der Waals surface area contributed by atoms with Gasteiger partial charge in [-0.2, -0.15) is 0 Å². The van der Waals surface area contributed by atoms with E-state index in [1.165, 1.54) is 0 Å². The molecule has 0 unspecified atom stereocenters. The Morgan fingerprint density at radius 2 is 1.80 bits per heavy atom. The van der Waals surface area contributed by atoms with Gasteiger partial charge in [-0.25, -0.2) is 0 Å². The molecule has 2 saturated heterocycles. The molecule has 2 aliphatic rings. The SMILES string of the molecule is CC1(C)O[C@H]2O[C@H](CO[Si](C)(C)C(C)(C)C)[C@@H](O)[C@H]2O1. The molecule has 0 aliphatic carbocycles. The Balaban J connectivity index is 1.91. The Morgan fingerprint density at radius 1 is 1.20 bits per heavy atom. The summed E-state index contributed by atoms with van der Waals surface area (Å²) in [5.41, 5.74) is 0. The summed E-state index contributed by atoms with van der Waals surface area (Å²) in [6, 6.07) is 0. The van der Waals surface area contributed by atoms with Gasteiger partial charge < -0.3 is 23.7 Å². The van der Waals surface area contributed by atoms with E-state index < -0.39 is 32.6 Å². The van der Waals surface area contributed by atoms with Crippen molar-refractivity contribution >= 4 is 8.32 Å². The second-order valence-corrected chi connectivity index (χ2v) is 12.5. The first kappa shape index (κ1) is 16.4. The van der Waals surface area contributed by atoms with Crippen molar-refractivity contribution in [2.45, 2.75) is 83.1 Å². The van der Waals surface area contributed by atoms with E-state index >= 15 is 0 Å². The van der Waals surface area contributed by atoms with E-state index in [-0.39, 0.29) is 11.1 Å². The highest BCUT2D eigenvalue weighted by molar-refractivity contribution is 6.74. The first-order valence-corrected chi connectivity index (χ1v) is 10.2. The Bertz CT molecular complexity index is 363. The molecule has 0 amide bonds. The van der Waals surface area contributed by atoms with Crippen LogP contribution in [0.1, 0.15) is 34.6 Å². The van der Waals surface area contributed by atoms with E-state index in [0.717, 1.165) is 0 Å².